The molecule has 0 aliphatic carbocycles. The highest BCUT2D eigenvalue weighted by Crippen LogP contribution is 1.97. The standard InChI is InChI=1S/C5H11NO2/c1-6-2-3-8-5(7)4-6/h5,7H,2-4H2,1H3. The van der Waals surface area contributed by atoms with Crippen molar-refractivity contribution in [3.63, 3.8) is 0 Å². The zero-order chi connectivity index (χ0) is 5.98. The highest BCUT2D eigenvalue weighted by atomic mass is 16.6. The molecule has 8 heavy (non-hydrogen) atoms. The van der Waals surface area contributed by atoms with E-state index < -0.39 is 6.29 Å². The van der Waals surface area contributed by atoms with Gasteiger partial charge in [0.15, 0.2) is 6.29 Å². The fourth-order valence-electron chi connectivity index (χ4n) is 0.755. The first-order valence-corrected chi connectivity index (χ1v) is 2.77. The summed E-state index contributed by atoms with van der Waals surface area (Å²) in [5, 5.41) is 8.82. The van der Waals surface area contributed by atoms with Crippen molar-refractivity contribution >= 4 is 0 Å². The van der Waals surface area contributed by atoms with Crippen LogP contribution in [0.2, 0.25) is 0 Å². The van der Waals surface area contributed by atoms with Gasteiger partial charge in [0, 0.05) is 13.1 Å². The van der Waals surface area contributed by atoms with E-state index in [9.17, 15) is 0 Å². The average molecular weight is 117 g/mol. The molecule has 48 valence electrons. The van der Waals surface area contributed by atoms with Gasteiger partial charge in [-0.1, -0.05) is 0 Å². The van der Waals surface area contributed by atoms with E-state index in [-0.39, 0.29) is 0 Å². The summed E-state index contributed by atoms with van der Waals surface area (Å²) in [6.07, 6.45) is -0.561. The van der Waals surface area contributed by atoms with E-state index in [1.165, 1.54) is 0 Å². The fourth-order valence-corrected chi connectivity index (χ4v) is 0.755. The van der Waals surface area contributed by atoms with Crippen LogP contribution in [0.4, 0.5) is 0 Å². The predicted molar refractivity (Wildman–Crippen MR) is 29.5 cm³/mol. The Hall–Kier alpha value is -0.120. The number of β-amino-alcohol motifs (C(OH)–C–C–N with tert-alkyl or cyclic N) is 1. The molecule has 1 saturated heterocycles. The van der Waals surface area contributed by atoms with Crippen LogP contribution in [0.1, 0.15) is 0 Å². The van der Waals surface area contributed by atoms with Crippen molar-refractivity contribution in [3.8, 4) is 0 Å². The number of aliphatic hydroxyl groups excluding tert-OH is 1. The van der Waals surface area contributed by atoms with E-state index in [0.29, 0.717) is 13.2 Å². The molecule has 1 N–H and O–H groups in total. The van der Waals surface area contributed by atoms with E-state index in [1.54, 1.807) is 0 Å². The first-order chi connectivity index (χ1) is 3.79. The number of nitrogens with zero attached hydrogens (tertiary/aromatic N) is 1. The van der Waals surface area contributed by atoms with E-state index >= 15 is 0 Å². The van der Waals surface area contributed by atoms with E-state index in [4.69, 9.17) is 9.84 Å². The lowest BCUT2D eigenvalue weighted by atomic mass is 10.4. The largest absolute Gasteiger partial charge is 0.367 e. The van der Waals surface area contributed by atoms with Crippen LogP contribution in [0, 0.1) is 0 Å². The van der Waals surface area contributed by atoms with Crippen molar-refractivity contribution in [2.45, 2.75) is 6.29 Å². The number of ether oxygens (including phenoxy) is 1. The molecule has 0 amide bonds. The molecule has 0 bridgehead atoms. The summed E-state index contributed by atoms with van der Waals surface area (Å²) in [6, 6.07) is 0. The van der Waals surface area contributed by atoms with Gasteiger partial charge >= 0.3 is 0 Å². The molecule has 0 aromatic heterocycles. The van der Waals surface area contributed by atoms with E-state index in [2.05, 4.69) is 0 Å². The van der Waals surface area contributed by atoms with Gasteiger partial charge in [0.25, 0.3) is 0 Å². The lowest BCUT2D eigenvalue weighted by Gasteiger charge is -2.26. The van der Waals surface area contributed by atoms with Gasteiger partial charge in [-0.3, -0.25) is 4.90 Å². The topological polar surface area (TPSA) is 32.7 Å². The molecule has 3 nitrogen and oxygen atoms in total. The molecule has 0 aromatic rings. The quantitative estimate of drug-likeness (QED) is 0.454. The second kappa shape index (κ2) is 2.44. The molecule has 1 fully saturated rings. The summed E-state index contributed by atoms with van der Waals surface area (Å²) in [6.45, 7) is 2.22. The third kappa shape index (κ3) is 1.43. The maximum atomic E-state index is 8.82. The van der Waals surface area contributed by atoms with Crippen LogP contribution in [0.3, 0.4) is 0 Å². The molecule has 1 rings (SSSR count). The molecule has 0 spiro atoms. The van der Waals surface area contributed by atoms with Gasteiger partial charge in [0.05, 0.1) is 6.61 Å². The minimum Gasteiger partial charge on any atom is -0.367 e. The molecule has 0 aromatic carbocycles. The second-order valence-electron chi connectivity index (χ2n) is 2.09. The van der Waals surface area contributed by atoms with Gasteiger partial charge in [-0.05, 0) is 7.05 Å². The summed E-state index contributed by atoms with van der Waals surface area (Å²) < 4.78 is 4.86. The smallest absolute Gasteiger partial charge is 0.167 e. The van der Waals surface area contributed by atoms with Crippen LogP contribution in [-0.4, -0.2) is 43.0 Å². The zero-order valence-corrected chi connectivity index (χ0v) is 5.00. The van der Waals surface area contributed by atoms with Crippen molar-refractivity contribution < 1.29 is 9.84 Å². The first kappa shape index (κ1) is 6.01. The Morgan fingerprint density at radius 2 is 2.50 bits per heavy atom. The van der Waals surface area contributed by atoms with Crippen molar-refractivity contribution in [1.82, 2.24) is 4.90 Å². The number of morpholine rings is 1. The van der Waals surface area contributed by atoms with Crippen LogP contribution in [0.25, 0.3) is 0 Å². The number of rotatable bonds is 0. The Morgan fingerprint density at radius 1 is 1.75 bits per heavy atom. The third-order valence-corrected chi connectivity index (χ3v) is 1.25. The SMILES string of the molecule is CN1CCOC(O)C1. The molecular formula is C5H11NO2. The van der Waals surface area contributed by atoms with Crippen molar-refractivity contribution in [1.29, 1.82) is 0 Å². The molecule has 1 heterocycles. The summed E-state index contributed by atoms with van der Waals surface area (Å²) >= 11 is 0. The number of aliphatic hydroxyl groups is 1. The van der Waals surface area contributed by atoms with Gasteiger partial charge < -0.3 is 9.84 Å². The molecule has 1 atom stereocenters. The minimum atomic E-state index is -0.561. The zero-order valence-electron chi connectivity index (χ0n) is 5.00. The normalized spacial score (nSPS) is 33.0. The highest BCUT2D eigenvalue weighted by molar-refractivity contribution is 4.58. The van der Waals surface area contributed by atoms with Crippen LogP contribution in [-0.2, 0) is 4.74 Å². The lowest BCUT2D eigenvalue weighted by Crippen LogP contribution is -2.39. The maximum Gasteiger partial charge on any atom is 0.167 e. The third-order valence-electron chi connectivity index (χ3n) is 1.25. The number of hydrogen-bond donors (Lipinski definition) is 1. The fraction of sp³-hybridized carbons (Fsp3) is 1.00. The van der Waals surface area contributed by atoms with Crippen LogP contribution < -0.4 is 0 Å². The Bertz CT molecular complexity index is 68.8. The Labute approximate surface area is 48.9 Å². The van der Waals surface area contributed by atoms with E-state index in [0.717, 1.165) is 6.54 Å². The van der Waals surface area contributed by atoms with Gasteiger partial charge in [0.1, 0.15) is 0 Å². The number of likely N-dealkylation sites (N-methyl/N-ethyl adjacent to an activating group) is 1. The minimum absolute atomic E-state index is 0.561. The summed E-state index contributed by atoms with van der Waals surface area (Å²) in [7, 11) is 1.96. The molecule has 0 radical (unpaired) electrons. The van der Waals surface area contributed by atoms with Crippen LogP contribution in [0.5, 0.6) is 0 Å². The Balaban J connectivity index is 2.23. The maximum absolute atomic E-state index is 8.82. The van der Waals surface area contributed by atoms with Crippen molar-refractivity contribution in [3.05, 3.63) is 0 Å². The molecule has 0 saturated carbocycles. The van der Waals surface area contributed by atoms with Gasteiger partial charge in [0.2, 0.25) is 0 Å². The second-order valence-corrected chi connectivity index (χ2v) is 2.09. The van der Waals surface area contributed by atoms with Gasteiger partial charge in [-0.15, -0.1) is 0 Å². The summed E-state index contributed by atoms with van der Waals surface area (Å²) in [4.78, 5) is 2.04. The predicted octanol–water partition coefficient (Wildman–Crippen LogP) is -0.733. The Kier molecular flexibility index (Phi) is 1.83. The van der Waals surface area contributed by atoms with Crippen molar-refractivity contribution in [2.24, 2.45) is 0 Å². The van der Waals surface area contributed by atoms with Crippen molar-refractivity contribution in [2.75, 3.05) is 26.7 Å². The number of hydrogen-bond acceptors (Lipinski definition) is 3. The van der Waals surface area contributed by atoms with Crippen LogP contribution in [0.15, 0.2) is 0 Å². The molecule has 1 aliphatic heterocycles. The molecule has 1 unspecified atom stereocenters. The molecule has 3 heteroatoms. The summed E-state index contributed by atoms with van der Waals surface area (Å²) in [5.74, 6) is 0. The van der Waals surface area contributed by atoms with Gasteiger partial charge in [-0.25, -0.2) is 0 Å². The average Bonchev–Trinajstić information content (AvgIpc) is 1.64. The first-order valence-electron chi connectivity index (χ1n) is 2.77. The monoisotopic (exact) mass is 117 g/mol. The molecule has 1 aliphatic rings. The van der Waals surface area contributed by atoms with Gasteiger partial charge in [-0.2, -0.15) is 0 Å². The van der Waals surface area contributed by atoms with Crippen LogP contribution >= 0.6 is 0 Å². The van der Waals surface area contributed by atoms with E-state index in [1.807, 2.05) is 11.9 Å². The Morgan fingerprint density at radius 3 is 2.88 bits per heavy atom. The summed E-state index contributed by atoms with van der Waals surface area (Å²) in [5.41, 5.74) is 0. The highest BCUT2D eigenvalue weighted by Gasteiger charge is 2.12. The molecular weight excluding hydrogens is 106 g/mol. The lowest BCUT2D eigenvalue weighted by molar-refractivity contribution is -0.141.